The highest BCUT2D eigenvalue weighted by molar-refractivity contribution is 8.00. The topological polar surface area (TPSA) is 21.3 Å². The van der Waals surface area contributed by atoms with Crippen LogP contribution in [0.1, 0.15) is 37.8 Å². The highest BCUT2D eigenvalue weighted by Gasteiger charge is 2.16. The molecule has 1 aliphatic rings. The number of hydrogen-bond acceptors (Lipinski definition) is 3. The van der Waals surface area contributed by atoms with Crippen LogP contribution in [0.4, 0.5) is 0 Å². The Morgan fingerprint density at radius 2 is 2.05 bits per heavy atom. The monoisotopic (exact) mass is 279 g/mol. The first-order chi connectivity index (χ1) is 9.15. The molecular formula is C16H25NOS. The molecule has 3 heteroatoms. The number of thioether (sulfide) groups is 1. The van der Waals surface area contributed by atoms with Crippen molar-refractivity contribution in [3.63, 3.8) is 0 Å². The minimum absolute atomic E-state index is 0.529. The molecule has 0 aromatic heterocycles. The molecule has 1 aromatic carbocycles. The summed E-state index contributed by atoms with van der Waals surface area (Å²) in [5.74, 6) is 0. The fraction of sp³-hybridized carbons (Fsp3) is 0.625. The van der Waals surface area contributed by atoms with Crippen molar-refractivity contribution >= 4 is 11.8 Å². The lowest BCUT2D eigenvalue weighted by molar-refractivity contribution is 0.1000. The molecule has 0 unspecified atom stereocenters. The van der Waals surface area contributed by atoms with Crippen molar-refractivity contribution in [3.05, 3.63) is 29.3 Å². The lowest BCUT2D eigenvalue weighted by Crippen LogP contribution is -2.22. The van der Waals surface area contributed by atoms with Gasteiger partial charge in [-0.15, -0.1) is 11.8 Å². The van der Waals surface area contributed by atoms with E-state index in [2.05, 4.69) is 44.3 Å². The molecule has 1 aromatic rings. The van der Waals surface area contributed by atoms with Crippen LogP contribution in [-0.2, 0) is 11.3 Å². The zero-order chi connectivity index (χ0) is 13.7. The zero-order valence-electron chi connectivity index (χ0n) is 12.2. The van der Waals surface area contributed by atoms with E-state index in [4.69, 9.17) is 4.74 Å². The standard InChI is InChI=1S/C16H25NOS/c1-12(2)17-11-14-10-13(3)4-5-16(14)19-15-6-8-18-9-7-15/h4-5,10,12,15,17H,6-9,11H2,1-3H3. The molecule has 1 aliphatic heterocycles. The Morgan fingerprint density at radius 3 is 2.74 bits per heavy atom. The van der Waals surface area contributed by atoms with Gasteiger partial charge in [0, 0.05) is 35.9 Å². The Kier molecular flexibility index (Phi) is 5.74. The second kappa shape index (κ2) is 7.32. The molecule has 0 aliphatic carbocycles. The van der Waals surface area contributed by atoms with Gasteiger partial charge in [-0.1, -0.05) is 31.5 Å². The molecule has 2 rings (SSSR count). The highest BCUT2D eigenvalue weighted by atomic mass is 32.2. The summed E-state index contributed by atoms with van der Waals surface area (Å²) in [7, 11) is 0. The number of benzene rings is 1. The van der Waals surface area contributed by atoms with Crippen LogP contribution in [-0.4, -0.2) is 24.5 Å². The Balaban J connectivity index is 2.04. The van der Waals surface area contributed by atoms with Gasteiger partial charge >= 0.3 is 0 Å². The van der Waals surface area contributed by atoms with Crippen molar-refractivity contribution in [2.75, 3.05) is 13.2 Å². The molecule has 19 heavy (non-hydrogen) atoms. The van der Waals surface area contributed by atoms with E-state index in [1.54, 1.807) is 0 Å². The number of aryl methyl sites for hydroxylation is 1. The molecule has 1 heterocycles. The van der Waals surface area contributed by atoms with E-state index < -0.39 is 0 Å². The summed E-state index contributed by atoms with van der Waals surface area (Å²) < 4.78 is 5.44. The van der Waals surface area contributed by atoms with Gasteiger partial charge in [-0.25, -0.2) is 0 Å². The van der Waals surface area contributed by atoms with Gasteiger partial charge in [0.25, 0.3) is 0 Å². The summed E-state index contributed by atoms with van der Waals surface area (Å²) in [6.07, 6.45) is 2.35. The molecule has 106 valence electrons. The first kappa shape index (κ1) is 14.9. The van der Waals surface area contributed by atoms with Crippen molar-refractivity contribution in [3.8, 4) is 0 Å². The van der Waals surface area contributed by atoms with Gasteiger partial charge in [-0.2, -0.15) is 0 Å². The van der Waals surface area contributed by atoms with Gasteiger partial charge in [-0.05, 0) is 31.4 Å². The average molecular weight is 279 g/mol. The normalized spacial score (nSPS) is 17.1. The van der Waals surface area contributed by atoms with E-state index in [9.17, 15) is 0 Å². The third-order valence-electron chi connectivity index (χ3n) is 3.38. The van der Waals surface area contributed by atoms with E-state index >= 15 is 0 Å². The maximum atomic E-state index is 5.44. The van der Waals surface area contributed by atoms with Crippen LogP contribution in [0.5, 0.6) is 0 Å². The van der Waals surface area contributed by atoms with Gasteiger partial charge in [0.2, 0.25) is 0 Å². The Hall–Kier alpha value is -0.510. The summed E-state index contributed by atoms with van der Waals surface area (Å²) in [5.41, 5.74) is 2.78. The molecule has 2 nitrogen and oxygen atoms in total. The lowest BCUT2D eigenvalue weighted by atomic mass is 10.1. The molecule has 0 saturated carbocycles. The van der Waals surface area contributed by atoms with E-state index in [0.717, 1.165) is 19.8 Å². The molecule has 1 fully saturated rings. The molecule has 1 N–H and O–H groups in total. The second-order valence-electron chi connectivity index (χ2n) is 5.58. The lowest BCUT2D eigenvalue weighted by Gasteiger charge is -2.23. The summed E-state index contributed by atoms with van der Waals surface area (Å²) in [6.45, 7) is 9.36. The minimum atomic E-state index is 0.529. The third kappa shape index (κ3) is 4.83. The summed E-state index contributed by atoms with van der Waals surface area (Å²) in [4.78, 5) is 1.44. The molecule has 0 amide bonds. The molecule has 0 spiro atoms. The van der Waals surface area contributed by atoms with Crippen molar-refractivity contribution in [1.82, 2.24) is 5.32 Å². The highest BCUT2D eigenvalue weighted by Crippen LogP contribution is 2.32. The smallest absolute Gasteiger partial charge is 0.0476 e. The second-order valence-corrected chi connectivity index (χ2v) is 6.92. The predicted octanol–water partition coefficient (Wildman–Crippen LogP) is 3.76. The summed E-state index contributed by atoms with van der Waals surface area (Å²) in [5, 5.41) is 4.25. The van der Waals surface area contributed by atoms with Gasteiger partial charge < -0.3 is 10.1 Å². The summed E-state index contributed by atoms with van der Waals surface area (Å²) in [6, 6.07) is 7.35. The number of nitrogens with one attached hydrogen (secondary N) is 1. The Labute approximate surface area is 121 Å². The number of ether oxygens (including phenoxy) is 1. The van der Waals surface area contributed by atoms with Gasteiger partial charge in [0.1, 0.15) is 0 Å². The van der Waals surface area contributed by atoms with Gasteiger partial charge in [0.15, 0.2) is 0 Å². The first-order valence-electron chi connectivity index (χ1n) is 7.22. The fourth-order valence-corrected chi connectivity index (χ4v) is 3.47. The SMILES string of the molecule is Cc1ccc(SC2CCOCC2)c(CNC(C)C)c1. The van der Waals surface area contributed by atoms with Crippen LogP contribution in [0, 0.1) is 6.92 Å². The van der Waals surface area contributed by atoms with E-state index in [0.29, 0.717) is 11.3 Å². The van der Waals surface area contributed by atoms with Gasteiger partial charge in [-0.3, -0.25) is 0 Å². The van der Waals surface area contributed by atoms with Crippen molar-refractivity contribution in [2.24, 2.45) is 0 Å². The van der Waals surface area contributed by atoms with E-state index in [1.165, 1.54) is 28.9 Å². The van der Waals surface area contributed by atoms with Crippen molar-refractivity contribution < 1.29 is 4.74 Å². The Bertz CT molecular complexity index is 400. The maximum absolute atomic E-state index is 5.44. The fourth-order valence-electron chi connectivity index (χ4n) is 2.25. The zero-order valence-corrected chi connectivity index (χ0v) is 13.1. The van der Waals surface area contributed by atoms with E-state index in [1.807, 2.05) is 11.8 Å². The number of hydrogen-bond donors (Lipinski definition) is 1. The van der Waals surface area contributed by atoms with Crippen LogP contribution >= 0.6 is 11.8 Å². The van der Waals surface area contributed by atoms with Crippen molar-refractivity contribution in [2.45, 2.75) is 56.3 Å². The van der Waals surface area contributed by atoms with Gasteiger partial charge in [0.05, 0.1) is 0 Å². The largest absolute Gasteiger partial charge is 0.381 e. The molecule has 0 atom stereocenters. The maximum Gasteiger partial charge on any atom is 0.0476 e. The van der Waals surface area contributed by atoms with Crippen LogP contribution in [0.15, 0.2) is 23.1 Å². The molecule has 1 saturated heterocycles. The Morgan fingerprint density at radius 1 is 1.32 bits per heavy atom. The molecule has 0 radical (unpaired) electrons. The molecular weight excluding hydrogens is 254 g/mol. The molecule has 0 bridgehead atoms. The van der Waals surface area contributed by atoms with Crippen LogP contribution in [0.3, 0.4) is 0 Å². The van der Waals surface area contributed by atoms with Crippen LogP contribution in [0.25, 0.3) is 0 Å². The van der Waals surface area contributed by atoms with Crippen LogP contribution in [0.2, 0.25) is 0 Å². The average Bonchev–Trinajstić information content (AvgIpc) is 2.40. The minimum Gasteiger partial charge on any atom is -0.381 e. The van der Waals surface area contributed by atoms with E-state index in [-0.39, 0.29) is 0 Å². The number of rotatable bonds is 5. The van der Waals surface area contributed by atoms with Crippen LogP contribution < -0.4 is 5.32 Å². The third-order valence-corrected chi connectivity index (χ3v) is 4.84. The van der Waals surface area contributed by atoms with Crippen molar-refractivity contribution in [1.29, 1.82) is 0 Å². The first-order valence-corrected chi connectivity index (χ1v) is 8.10. The quantitative estimate of drug-likeness (QED) is 0.886. The summed E-state index contributed by atoms with van der Waals surface area (Å²) >= 11 is 2.03. The predicted molar refractivity (Wildman–Crippen MR) is 82.9 cm³/mol.